The van der Waals surface area contributed by atoms with Crippen LogP contribution in [-0.4, -0.2) is 17.9 Å². The van der Waals surface area contributed by atoms with Crippen molar-refractivity contribution in [3.05, 3.63) is 51.2 Å². The fraction of sp³-hybridized carbons (Fsp3) is 0.214. The van der Waals surface area contributed by atoms with Gasteiger partial charge in [-0.15, -0.1) is 11.3 Å². The second kappa shape index (κ2) is 6.26. The van der Waals surface area contributed by atoms with Crippen LogP contribution in [0.3, 0.4) is 0 Å². The van der Waals surface area contributed by atoms with Crippen LogP contribution in [0.1, 0.15) is 28.2 Å². The molecule has 106 valence electrons. The maximum atomic E-state index is 12.6. The van der Waals surface area contributed by atoms with Crippen LogP contribution in [0.4, 0.5) is 5.69 Å². The van der Waals surface area contributed by atoms with Crippen molar-refractivity contribution in [2.45, 2.75) is 13.0 Å². The van der Waals surface area contributed by atoms with Crippen LogP contribution < -0.4 is 11.3 Å². The average molecular weight is 310 g/mol. The minimum atomic E-state index is -0.124. The summed E-state index contributed by atoms with van der Waals surface area (Å²) < 4.78 is 0. The summed E-state index contributed by atoms with van der Waals surface area (Å²) in [7, 11) is 1.77. The van der Waals surface area contributed by atoms with Gasteiger partial charge in [0.25, 0.3) is 5.91 Å². The number of nitrogen functional groups attached to an aromatic ring is 1. The average Bonchev–Trinajstić information content (AvgIpc) is 2.99. The van der Waals surface area contributed by atoms with Gasteiger partial charge in [0, 0.05) is 16.9 Å². The molecule has 3 N–H and O–H groups in total. The summed E-state index contributed by atoms with van der Waals surface area (Å²) in [5, 5.41) is 2.50. The normalized spacial score (nSPS) is 12.0. The number of halogens is 1. The van der Waals surface area contributed by atoms with Crippen molar-refractivity contribution in [2.75, 3.05) is 12.5 Å². The first-order valence-corrected chi connectivity index (χ1v) is 7.37. The van der Waals surface area contributed by atoms with Gasteiger partial charge in [0.05, 0.1) is 17.3 Å². The second-order valence-electron chi connectivity index (χ2n) is 4.44. The first kappa shape index (κ1) is 14.8. The van der Waals surface area contributed by atoms with Gasteiger partial charge in [0.15, 0.2) is 0 Å². The third-order valence-corrected chi connectivity index (χ3v) is 4.50. The molecule has 0 aliphatic carbocycles. The van der Waals surface area contributed by atoms with E-state index < -0.39 is 0 Å². The van der Waals surface area contributed by atoms with Crippen LogP contribution >= 0.6 is 22.9 Å². The summed E-state index contributed by atoms with van der Waals surface area (Å²) in [6.45, 7) is 1.99. The molecule has 6 heteroatoms. The minimum Gasteiger partial charge on any atom is -0.334 e. The molecule has 1 unspecified atom stereocenters. The number of rotatable bonds is 4. The highest BCUT2D eigenvalue weighted by Crippen LogP contribution is 2.27. The molecule has 0 bridgehead atoms. The monoisotopic (exact) mass is 309 g/mol. The van der Waals surface area contributed by atoms with Gasteiger partial charge in [-0.1, -0.05) is 17.7 Å². The first-order chi connectivity index (χ1) is 9.54. The van der Waals surface area contributed by atoms with Crippen LogP contribution in [0.5, 0.6) is 0 Å². The topological polar surface area (TPSA) is 58.4 Å². The van der Waals surface area contributed by atoms with Crippen LogP contribution in [-0.2, 0) is 0 Å². The SMILES string of the molecule is CC(c1cccs1)N(C)C(=O)c1cc(Cl)ccc1NN. The van der Waals surface area contributed by atoms with Gasteiger partial charge in [-0.2, -0.15) is 0 Å². The Bertz CT molecular complexity index is 600. The zero-order valence-corrected chi connectivity index (χ0v) is 12.8. The lowest BCUT2D eigenvalue weighted by Crippen LogP contribution is -2.30. The zero-order valence-electron chi connectivity index (χ0n) is 11.3. The number of hydrazine groups is 1. The number of carbonyl (C=O) groups excluding carboxylic acids is 1. The quantitative estimate of drug-likeness (QED) is 0.671. The first-order valence-electron chi connectivity index (χ1n) is 6.11. The summed E-state index contributed by atoms with van der Waals surface area (Å²) in [6, 6.07) is 8.99. The van der Waals surface area contributed by atoms with E-state index in [1.807, 2.05) is 24.4 Å². The molecule has 0 fully saturated rings. The van der Waals surface area contributed by atoms with E-state index in [9.17, 15) is 4.79 Å². The van der Waals surface area contributed by atoms with Crippen LogP contribution in [0, 0.1) is 0 Å². The van der Waals surface area contributed by atoms with Crippen molar-refractivity contribution in [3.8, 4) is 0 Å². The van der Waals surface area contributed by atoms with E-state index in [2.05, 4.69) is 5.43 Å². The Morgan fingerprint density at radius 3 is 2.80 bits per heavy atom. The van der Waals surface area contributed by atoms with Gasteiger partial charge in [0.1, 0.15) is 0 Å². The molecule has 0 aliphatic rings. The number of benzene rings is 1. The molecular formula is C14H16ClN3OS. The molecular weight excluding hydrogens is 294 g/mol. The van der Waals surface area contributed by atoms with Crippen molar-refractivity contribution < 1.29 is 4.79 Å². The molecule has 0 saturated carbocycles. The summed E-state index contributed by atoms with van der Waals surface area (Å²) in [6.07, 6.45) is 0. The molecule has 2 aromatic rings. The van der Waals surface area contributed by atoms with Crippen LogP contribution in [0.15, 0.2) is 35.7 Å². The minimum absolute atomic E-state index is 0.00731. The predicted molar refractivity (Wildman–Crippen MR) is 84.1 cm³/mol. The van der Waals surface area contributed by atoms with Crippen LogP contribution in [0.25, 0.3) is 0 Å². The lowest BCUT2D eigenvalue weighted by Gasteiger charge is -2.25. The van der Waals surface area contributed by atoms with Crippen molar-refractivity contribution in [1.29, 1.82) is 0 Å². The van der Waals surface area contributed by atoms with E-state index in [0.717, 1.165) is 4.88 Å². The number of amides is 1. The van der Waals surface area contributed by atoms with E-state index in [1.54, 1.807) is 41.5 Å². The second-order valence-corrected chi connectivity index (χ2v) is 5.86. The van der Waals surface area contributed by atoms with Gasteiger partial charge in [-0.05, 0) is 36.6 Å². The Morgan fingerprint density at radius 1 is 1.45 bits per heavy atom. The number of anilines is 1. The number of nitrogens with one attached hydrogen (secondary N) is 1. The molecule has 1 aromatic heterocycles. The number of hydrogen-bond acceptors (Lipinski definition) is 4. The van der Waals surface area contributed by atoms with E-state index in [1.165, 1.54) is 0 Å². The Labute approximate surface area is 127 Å². The van der Waals surface area contributed by atoms with E-state index in [0.29, 0.717) is 16.3 Å². The lowest BCUT2D eigenvalue weighted by molar-refractivity contribution is 0.0746. The van der Waals surface area contributed by atoms with Gasteiger partial charge in [-0.3, -0.25) is 10.6 Å². The van der Waals surface area contributed by atoms with E-state index >= 15 is 0 Å². The number of thiophene rings is 1. The molecule has 1 aromatic carbocycles. The standard InChI is InChI=1S/C14H16ClN3OS/c1-9(13-4-3-7-20-13)18(2)14(19)11-8-10(15)5-6-12(11)17-16/h3-9,17H,16H2,1-2H3. The largest absolute Gasteiger partial charge is 0.334 e. The third kappa shape index (κ3) is 2.95. The molecule has 1 heterocycles. The van der Waals surface area contributed by atoms with E-state index in [-0.39, 0.29) is 11.9 Å². The maximum absolute atomic E-state index is 12.6. The van der Waals surface area contributed by atoms with E-state index in [4.69, 9.17) is 17.4 Å². The summed E-state index contributed by atoms with van der Waals surface area (Å²) >= 11 is 7.59. The maximum Gasteiger partial charge on any atom is 0.256 e. The fourth-order valence-electron chi connectivity index (χ4n) is 1.91. The summed E-state index contributed by atoms with van der Waals surface area (Å²) in [4.78, 5) is 15.4. The Balaban J connectivity index is 2.29. The van der Waals surface area contributed by atoms with Gasteiger partial charge in [0.2, 0.25) is 0 Å². The molecule has 1 atom stereocenters. The smallest absolute Gasteiger partial charge is 0.256 e. The molecule has 0 saturated heterocycles. The van der Waals surface area contributed by atoms with Gasteiger partial charge in [-0.25, -0.2) is 0 Å². The van der Waals surface area contributed by atoms with Gasteiger partial charge < -0.3 is 10.3 Å². The summed E-state index contributed by atoms with van der Waals surface area (Å²) in [5.74, 6) is 5.32. The van der Waals surface area contributed by atoms with Crippen molar-refractivity contribution in [1.82, 2.24) is 4.90 Å². The molecule has 1 amide bonds. The summed E-state index contributed by atoms with van der Waals surface area (Å²) in [5.41, 5.74) is 3.55. The third-order valence-electron chi connectivity index (χ3n) is 3.22. The molecule has 4 nitrogen and oxygen atoms in total. The van der Waals surface area contributed by atoms with Crippen LogP contribution in [0.2, 0.25) is 5.02 Å². The predicted octanol–water partition coefficient (Wildman–Crippen LogP) is 3.52. The molecule has 0 aliphatic heterocycles. The van der Waals surface area contributed by atoms with Crippen molar-refractivity contribution >= 4 is 34.5 Å². The molecule has 0 spiro atoms. The Kier molecular flexibility index (Phi) is 4.65. The molecule has 0 radical (unpaired) electrons. The lowest BCUT2D eigenvalue weighted by atomic mass is 10.1. The Hall–Kier alpha value is -1.56. The van der Waals surface area contributed by atoms with Crippen molar-refractivity contribution in [2.24, 2.45) is 5.84 Å². The zero-order chi connectivity index (χ0) is 14.7. The number of hydrogen-bond donors (Lipinski definition) is 2. The van der Waals surface area contributed by atoms with Crippen molar-refractivity contribution in [3.63, 3.8) is 0 Å². The Morgan fingerprint density at radius 2 is 2.20 bits per heavy atom. The number of carbonyl (C=O) groups is 1. The molecule has 2 rings (SSSR count). The molecule has 20 heavy (non-hydrogen) atoms. The fourth-order valence-corrected chi connectivity index (χ4v) is 2.90. The highest BCUT2D eigenvalue weighted by Gasteiger charge is 2.22. The number of nitrogens with two attached hydrogens (primary N) is 1. The highest BCUT2D eigenvalue weighted by molar-refractivity contribution is 7.10. The number of nitrogens with zero attached hydrogens (tertiary/aromatic N) is 1. The highest BCUT2D eigenvalue weighted by atomic mass is 35.5. The van der Waals surface area contributed by atoms with Gasteiger partial charge >= 0.3 is 0 Å².